The number of carbonyl (C=O) groups is 3. The summed E-state index contributed by atoms with van der Waals surface area (Å²) in [5.74, 6) is -1.71. The first kappa shape index (κ1) is 23.6. The first-order valence-corrected chi connectivity index (χ1v) is 11.4. The minimum absolute atomic E-state index is 0.178. The molecule has 2 unspecified atom stereocenters. The Balaban J connectivity index is 1.57. The first-order valence-electron chi connectivity index (χ1n) is 11.4. The molecule has 1 heterocycles. The third-order valence-corrected chi connectivity index (χ3v) is 6.25. The van der Waals surface area contributed by atoms with E-state index >= 15 is 0 Å². The minimum Gasteiger partial charge on any atom is -0.333 e. The van der Waals surface area contributed by atoms with Gasteiger partial charge in [0.25, 0.3) is 5.91 Å². The van der Waals surface area contributed by atoms with Crippen LogP contribution in [0.5, 0.6) is 0 Å². The molecule has 8 heteroatoms. The van der Waals surface area contributed by atoms with E-state index in [4.69, 9.17) is 0 Å². The van der Waals surface area contributed by atoms with Gasteiger partial charge >= 0.3 is 0 Å². The number of halogens is 1. The molecule has 0 radical (unpaired) electrons. The van der Waals surface area contributed by atoms with Gasteiger partial charge < -0.3 is 9.80 Å². The summed E-state index contributed by atoms with van der Waals surface area (Å²) in [4.78, 5) is 42.8. The van der Waals surface area contributed by atoms with Crippen molar-refractivity contribution >= 4 is 23.4 Å². The first-order chi connectivity index (χ1) is 16.3. The van der Waals surface area contributed by atoms with Crippen LogP contribution in [0.15, 0.2) is 60.7 Å². The number of likely N-dealkylation sites (N-methyl/N-ethyl adjacent to an activating group) is 1. The van der Waals surface area contributed by atoms with E-state index in [-0.39, 0.29) is 36.0 Å². The largest absolute Gasteiger partial charge is 0.333 e. The van der Waals surface area contributed by atoms with Gasteiger partial charge in [-0.25, -0.2) is 9.40 Å². The van der Waals surface area contributed by atoms with Crippen LogP contribution in [0.4, 0.5) is 10.1 Å². The molecule has 1 saturated heterocycles. The number of hydrogen-bond donors (Lipinski definition) is 1. The fourth-order valence-corrected chi connectivity index (χ4v) is 4.37. The Kier molecular flexibility index (Phi) is 7.07. The summed E-state index contributed by atoms with van der Waals surface area (Å²) in [6.07, 6.45) is 4.95. The molecule has 2 aromatic rings. The molecular formula is C26H29FN4O3. The van der Waals surface area contributed by atoms with Gasteiger partial charge in [0.15, 0.2) is 0 Å². The standard InChI is InChI=1S/C26H29FN4O3/c1-29(2)13-14-30(17-18-7-5-9-20(27)15-18)25(33)19-8-6-10-21(16-19)31-26(34)23-12-4-3-11-22(23)24(32)28-31/h3-10,15-16,22-23H,11-14,17H2,1-2H3,(H,28,32). The van der Waals surface area contributed by atoms with Crippen LogP contribution in [-0.2, 0) is 16.1 Å². The molecule has 1 aliphatic heterocycles. The monoisotopic (exact) mass is 464 g/mol. The van der Waals surface area contributed by atoms with Crippen molar-refractivity contribution in [3.8, 4) is 0 Å². The highest BCUT2D eigenvalue weighted by Crippen LogP contribution is 2.32. The van der Waals surface area contributed by atoms with Gasteiger partial charge in [0, 0.05) is 25.2 Å². The van der Waals surface area contributed by atoms with Crippen LogP contribution in [0.3, 0.4) is 0 Å². The SMILES string of the molecule is CN(C)CCN(Cc1cccc(F)c1)C(=O)c1cccc(N2NC(=O)C3CC=CCC3C2=O)c1. The van der Waals surface area contributed by atoms with Crippen molar-refractivity contribution in [2.45, 2.75) is 19.4 Å². The second kappa shape index (κ2) is 10.2. The van der Waals surface area contributed by atoms with E-state index in [1.165, 1.54) is 17.1 Å². The zero-order valence-corrected chi connectivity index (χ0v) is 19.4. The number of allylic oxidation sites excluding steroid dienone is 2. The Hall–Kier alpha value is -3.52. The maximum atomic E-state index is 13.7. The van der Waals surface area contributed by atoms with Crippen molar-refractivity contribution in [3.05, 3.63) is 77.6 Å². The van der Waals surface area contributed by atoms with Crippen molar-refractivity contribution in [2.75, 3.05) is 32.2 Å². The lowest BCUT2D eigenvalue weighted by molar-refractivity contribution is -0.139. The number of hydrazine groups is 1. The Morgan fingerprint density at radius 3 is 2.50 bits per heavy atom. The summed E-state index contributed by atoms with van der Waals surface area (Å²) in [6, 6.07) is 12.9. The van der Waals surface area contributed by atoms with Gasteiger partial charge in [0.1, 0.15) is 5.82 Å². The van der Waals surface area contributed by atoms with Gasteiger partial charge in [-0.1, -0.05) is 30.4 Å². The van der Waals surface area contributed by atoms with E-state index in [0.717, 1.165) is 0 Å². The van der Waals surface area contributed by atoms with Crippen molar-refractivity contribution in [3.63, 3.8) is 0 Å². The van der Waals surface area contributed by atoms with Gasteiger partial charge in [0.05, 0.1) is 17.5 Å². The smallest absolute Gasteiger partial charge is 0.254 e. The number of rotatable bonds is 7. The quantitative estimate of drug-likeness (QED) is 0.640. The molecule has 2 aliphatic rings. The highest BCUT2D eigenvalue weighted by atomic mass is 19.1. The number of anilines is 1. The predicted octanol–water partition coefficient (Wildman–Crippen LogP) is 2.99. The summed E-state index contributed by atoms with van der Waals surface area (Å²) in [6.45, 7) is 1.34. The van der Waals surface area contributed by atoms with Gasteiger partial charge in [0.2, 0.25) is 11.8 Å². The topological polar surface area (TPSA) is 73.0 Å². The summed E-state index contributed by atoms with van der Waals surface area (Å²) in [5.41, 5.74) is 4.22. The normalized spacial score (nSPS) is 19.7. The Bertz CT molecular complexity index is 1120. The lowest BCUT2D eigenvalue weighted by Gasteiger charge is -2.38. The summed E-state index contributed by atoms with van der Waals surface area (Å²) >= 11 is 0. The van der Waals surface area contributed by atoms with Crippen LogP contribution in [-0.4, -0.2) is 54.7 Å². The summed E-state index contributed by atoms with van der Waals surface area (Å²) in [5, 5.41) is 1.26. The Morgan fingerprint density at radius 1 is 1.03 bits per heavy atom. The fraction of sp³-hybridized carbons (Fsp3) is 0.346. The fourth-order valence-electron chi connectivity index (χ4n) is 4.37. The van der Waals surface area contributed by atoms with Crippen molar-refractivity contribution in [1.29, 1.82) is 0 Å². The Labute approximate surface area is 198 Å². The van der Waals surface area contributed by atoms with Crippen LogP contribution < -0.4 is 10.4 Å². The number of hydrogen-bond acceptors (Lipinski definition) is 4. The molecular weight excluding hydrogens is 435 g/mol. The number of carbonyl (C=O) groups excluding carboxylic acids is 3. The summed E-state index contributed by atoms with van der Waals surface area (Å²) < 4.78 is 13.7. The number of fused-ring (bicyclic) bond motifs is 1. The molecule has 2 aromatic carbocycles. The Morgan fingerprint density at radius 2 is 1.76 bits per heavy atom. The number of nitrogens with zero attached hydrogens (tertiary/aromatic N) is 3. The van der Waals surface area contributed by atoms with Crippen LogP contribution >= 0.6 is 0 Å². The second-order valence-corrected chi connectivity index (χ2v) is 9.02. The molecule has 0 bridgehead atoms. The molecule has 0 spiro atoms. The molecule has 1 aliphatic carbocycles. The van der Waals surface area contributed by atoms with E-state index in [0.29, 0.717) is 42.7 Å². The van der Waals surface area contributed by atoms with Gasteiger partial charge in [-0.2, -0.15) is 0 Å². The zero-order valence-electron chi connectivity index (χ0n) is 19.4. The highest BCUT2D eigenvalue weighted by molar-refractivity contribution is 6.05. The highest BCUT2D eigenvalue weighted by Gasteiger charge is 2.42. The molecule has 0 saturated carbocycles. The third-order valence-electron chi connectivity index (χ3n) is 6.25. The van der Waals surface area contributed by atoms with E-state index in [9.17, 15) is 18.8 Å². The molecule has 2 atom stereocenters. The van der Waals surface area contributed by atoms with Crippen molar-refractivity contribution in [1.82, 2.24) is 15.2 Å². The minimum atomic E-state index is -0.400. The van der Waals surface area contributed by atoms with Gasteiger partial charge in [-0.15, -0.1) is 0 Å². The van der Waals surface area contributed by atoms with Crippen LogP contribution in [0.2, 0.25) is 0 Å². The molecule has 178 valence electrons. The molecule has 1 N–H and O–H groups in total. The molecule has 7 nitrogen and oxygen atoms in total. The summed E-state index contributed by atoms with van der Waals surface area (Å²) in [7, 11) is 3.84. The van der Waals surface area contributed by atoms with Crippen LogP contribution in [0.1, 0.15) is 28.8 Å². The van der Waals surface area contributed by atoms with E-state index in [2.05, 4.69) is 5.43 Å². The van der Waals surface area contributed by atoms with E-state index < -0.39 is 5.92 Å². The predicted molar refractivity (Wildman–Crippen MR) is 127 cm³/mol. The third kappa shape index (κ3) is 5.17. The zero-order chi connectivity index (χ0) is 24.2. The average Bonchev–Trinajstić information content (AvgIpc) is 2.83. The maximum absolute atomic E-state index is 13.7. The second-order valence-electron chi connectivity index (χ2n) is 9.02. The number of nitrogens with one attached hydrogen (secondary N) is 1. The molecule has 3 amide bonds. The van der Waals surface area contributed by atoms with Gasteiger partial charge in [-0.05, 0) is 62.8 Å². The number of amides is 3. The average molecular weight is 465 g/mol. The molecule has 1 fully saturated rings. The molecule has 4 rings (SSSR count). The van der Waals surface area contributed by atoms with Crippen molar-refractivity contribution < 1.29 is 18.8 Å². The van der Waals surface area contributed by atoms with Gasteiger partial charge in [-0.3, -0.25) is 19.8 Å². The van der Waals surface area contributed by atoms with E-state index in [1.807, 2.05) is 31.1 Å². The maximum Gasteiger partial charge on any atom is 0.254 e. The van der Waals surface area contributed by atoms with E-state index in [1.54, 1.807) is 41.3 Å². The van der Waals surface area contributed by atoms with Crippen LogP contribution in [0.25, 0.3) is 0 Å². The molecule has 0 aromatic heterocycles. The number of benzene rings is 2. The van der Waals surface area contributed by atoms with Crippen LogP contribution in [0, 0.1) is 17.7 Å². The lowest BCUT2D eigenvalue weighted by Crippen LogP contribution is -2.59. The lowest BCUT2D eigenvalue weighted by atomic mass is 9.80. The van der Waals surface area contributed by atoms with Crippen molar-refractivity contribution in [2.24, 2.45) is 11.8 Å². The molecule has 34 heavy (non-hydrogen) atoms.